The molecule has 3 aromatic rings. The van der Waals surface area contributed by atoms with Gasteiger partial charge in [0.25, 0.3) is 5.91 Å². The minimum atomic E-state index is -1.14. The van der Waals surface area contributed by atoms with Crippen LogP contribution in [0.15, 0.2) is 66.9 Å². The second-order valence-corrected chi connectivity index (χ2v) is 7.18. The van der Waals surface area contributed by atoms with Crippen LogP contribution < -0.4 is 10.2 Å². The number of hydrogen-bond acceptors (Lipinski definition) is 4. The Morgan fingerprint density at radius 2 is 1.80 bits per heavy atom. The molecule has 2 N–H and O–H groups in total. The molecule has 152 valence electrons. The number of rotatable bonds is 5. The van der Waals surface area contributed by atoms with Crippen molar-refractivity contribution in [2.24, 2.45) is 0 Å². The number of aromatic carboxylic acids is 1. The van der Waals surface area contributed by atoms with Crippen LogP contribution in [0.3, 0.4) is 0 Å². The van der Waals surface area contributed by atoms with Crippen molar-refractivity contribution in [3.8, 4) is 0 Å². The molecule has 0 saturated carbocycles. The second-order valence-electron chi connectivity index (χ2n) is 7.18. The summed E-state index contributed by atoms with van der Waals surface area (Å²) in [4.78, 5) is 30.4. The van der Waals surface area contributed by atoms with E-state index in [1.54, 1.807) is 6.07 Å². The first-order chi connectivity index (χ1) is 14.5. The van der Waals surface area contributed by atoms with Gasteiger partial charge in [-0.25, -0.2) is 14.2 Å². The number of carboxylic acid groups (broad SMARTS) is 1. The summed E-state index contributed by atoms with van der Waals surface area (Å²) >= 11 is 0. The number of pyridine rings is 1. The highest BCUT2D eigenvalue weighted by molar-refractivity contribution is 6.05. The van der Waals surface area contributed by atoms with Gasteiger partial charge in [-0.05, 0) is 30.2 Å². The number of carboxylic acids is 1. The van der Waals surface area contributed by atoms with Crippen LogP contribution in [0.5, 0.6) is 0 Å². The lowest BCUT2D eigenvalue weighted by molar-refractivity contribution is 0.0696. The van der Waals surface area contributed by atoms with Gasteiger partial charge in [0, 0.05) is 19.0 Å². The fraction of sp³-hybridized carbons (Fsp3) is 0.174. The molecule has 1 aromatic heterocycles. The Labute approximate surface area is 173 Å². The molecule has 6 nitrogen and oxygen atoms in total. The largest absolute Gasteiger partial charge is 0.478 e. The minimum absolute atomic E-state index is 0.00459. The Morgan fingerprint density at radius 3 is 2.53 bits per heavy atom. The Balaban J connectivity index is 1.55. The van der Waals surface area contributed by atoms with Crippen LogP contribution in [0.2, 0.25) is 0 Å². The number of halogens is 1. The number of anilines is 2. The average Bonchev–Trinajstić information content (AvgIpc) is 3.24. The first-order valence-corrected chi connectivity index (χ1v) is 9.62. The number of benzene rings is 2. The zero-order valence-electron chi connectivity index (χ0n) is 16.1. The molecule has 1 saturated heterocycles. The van der Waals surface area contributed by atoms with Gasteiger partial charge in [0.2, 0.25) is 0 Å². The summed E-state index contributed by atoms with van der Waals surface area (Å²) in [5, 5.41) is 12.2. The third kappa shape index (κ3) is 4.00. The van der Waals surface area contributed by atoms with Crippen LogP contribution in [0.25, 0.3) is 0 Å². The van der Waals surface area contributed by atoms with Crippen molar-refractivity contribution >= 4 is 23.4 Å². The van der Waals surface area contributed by atoms with Crippen molar-refractivity contribution in [3.05, 3.63) is 89.4 Å². The molecule has 0 radical (unpaired) electrons. The third-order valence-electron chi connectivity index (χ3n) is 5.23. The van der Waals surface area contributed by atoms with Crippen LogP contribution in [0.1, 0.15) is 38.6 Å². The van der Waals surface area contributed by atoms with E-state index in [1.165, 1.54) is 36.0 Å². The molecule has 7 heteroatoms. The number of hydrogen-bond donors (Lipinski definition) is 2. The Hall–Kier alpha value is -3.74. The molecular weight excluding hydrogens is 385 g/mol. The lowest BCUT2D eigenvalue weighted by Crippen LogP contribution is -2.23. The summed E-state index contributed by atoms with van der Waals surface area (Å²) in [6.45, 7) is 1.35. The zero-order chi connectivity index (χ0) is 21.1. The van der Waals surface area contributed by atoms with Crippen LogP contribution in [0.4, 0.5) is 15.9 Å². The summed E-state index contributed by atoms with van der Waals surface area (Å²) in [6.07, 6.45) is 2.30. The first-order valence-electron chi connectivity index (χ1n) is 9.62. The van der Waals surface area contributed by atoms with Crippen LogP contribution in [-0.2, 0) is 0 Å². The van der Waals surface area contributed by atoms with E-state index < -0.39 is 17.7 Å². The highest BCUT2D eigenvalue weighted by atomic mass is 19.1. The summed E-state index contributed by atoms with van der Waals surface area (Å²) in [5.74, 6) is -1.78. The van der Waals surface area contributed by atoms with Gasteiger partial charge < -0.3 is 15.3 Å². The second kappa shape index (κ2) is 8.32. The summed E-state index contributed by atoms with van der Waals surface area (Å²) in [5.41, 5.74) is 1.28. The van der Waals surface area contributed by atoms with Gasteiger partial charge in [-0.2, -0.15) is 0 Å². The average molecular weight is 405 g/mol. The van der Waals surface area contributed by atoms with E-state index in [-0.39, 0.29) is 16.8 Å². The molecule has 0 spiro atoms. The minimum Gasteiger partial charge on any atom is -0.478 e. The number of aromatic nitrogens is 1. The summed E-state index contributed by atoms with van der Waals surface area (Å²) in [7, 11) is 0. The Morgan fingerprint density at radius 1 is 1.07 bits per heavy atom. The molecule has 0 aliphatic carbocycles. The highest BCUT2D eigenvalue weighted by Crippen LogP contribution is 2.32. The molecule has 0 bridgehead atoms. The Kier molecular flexibility index (Phi) is 5.43. The molecule has 30 heavy (non-hydrogen) atoms. The van der Waals surface area contributed by atoms with E-state index in [2.05, 4.69) is 22.4 Å². The molecule has 2 aromatic carbocycles. The van der Waals surface area contributed by atoms with Crippen molar-refractivity contribution in [1.82, 2.24) is 4.98 Å². The molecule has 2 heterocycles. The predicted octanol–water partition coefficient (Wildman–Crippen LogP) is 4.17. The lowest BCUT2D eigenvalue weighted by Gasteiger charge is -2.20. The van der Waals surface area contributed by atoms with Crippen LogP contribution in [-0.4, -0.2) is 35.1 Å². The predicted molar refractivity (Wildman–Crippen MR) is 112 cm³/mol. The summed E-state index contributed by atoms with van der Waals surface area (Å²) < 4.78 is 13.8. The molecular formula is C23H20FN3O3. The van der Waals surface area contributed by atoms with Crippen LogP contribution >= 0.6 is 0 Å². The maximum atomic E-state index is 13.8. The van der Waals surface area contributed by atoms with Gasteiger partial charge in [-0.1, -0.05) is 42.5 Å². The van der Waals surface area contributed by atoms with E-state index in [9.17, 15) is 19.1 Å². The van der Waals surface area contributed by atoms with Gasteiger partial charge in [0.15, 0.2) is 0 Å². The number of nitrogens with zero attached hydrogens (tertiary/aromatic N) is 2. The van der Waals surface area contributed by atoms with E-state index in [4.69, 9.17) is 0 Å². The van der Waals surface area contributed by atoms with Gasteiger partial charge in [-0.15, -0.1) is 0 Å². The summed E-state index contributed by atoms with van der Waals surface area (Å²) in [6, 6.07) is 17.0. The quantitative estimate of drug-likeness (QED) is 0.666. The van der Waals surface area contributed by atoms with Gasteiger partial charge in [0.05, 0.1) is 17.4 Å². The third-order valence-corrected chi connectivity index (χ3v) is 5.23. The molecule has 1 atom stereocenters. The smallest absolute Gasteiger partial charge is 0.339 e. The highest BCUT2D eigenvalue weighted by Gasteiger charge is 2.28. The van der Waals surface area contributed by atoms with Gasteiger partial charge in [0.1, 0.15) is 17.2 Å². The van der Waals surface area contributed by atoms with Crippen molar-refractivity contribution < 1.29 is 19.1 Å². The number of amides is 1. The maximum Gasteiger partial charge on any atom is 0.339 e. The molecule has 1 amide bonds. The van der Waals surface area contributed by atoms with Crippen molar-refractivity contribution in [2.75, 3.05) is 23.3 Å². The van der Waals surface area contributed by atoms with E-state index >= 15 is 0 Å². The molecule has 1 fully saturated rings. The monoisotopic (exact) mass is 405 g/mol. The first kappa shape index (κ1) is 19.6. The maximum absolute atomic E-state index is 13.8. The van der Waals surface area contributed by atoms with E-state index in [1.807, 2.05) is 23.1 Å². The lowest BCUT2D eigenvalue weighted by atomic mass is 9.99. The Bertz CT molecular complexity index is 1090. The van der Waals surface area contributed by atoms with Gasteiger partial charge in [-0.3, -0.25) is 4.79 Å². The van der Waals surface area contributed by atoms with E-state index in [0.717, 1.165) is 6.42 Å². The van der Waals surface area contributed by atoms with Crippen LogP contribution in [0, 0.1) is 5.82 Å². The molecule has 1 aliphatic heterocycles. The number of carbonyl (C=O) groups is 2. The van der Waals surface area contributed by atoms with Crippen molar-refractivity contribution in [2.45, 2.75) is 12.3 Å². The normalized spacial score (nSPS) is 15.8. The SMILES string of the molecule is O=C(Nc1cnc(N2CCC(c3ccccc3)C2)c(C(=O)O)c1)c1ccccc1F. The van der Waals surface area contributed by atoms with Crippen molar-refractivity contribution in [1.29, 1.82) is 0 Å². The zero-order valence-corrected chi connectivity index (χ0v) is 16.1. The molecule has 1 unspecified atom stereocenters. The standard InChI is InChI=1S/C23H20FN3O3/c24-20-9-5-4-8-18(20)22(28)26-17-12-19(23(29)30)21(25-13-17)27-11-10-16(14-27)15-6-2-1-3-7-15/h1-9,12-13,16H,10-11,14H2,(H,26,28)(H,29,30). The van der Waals surface area contributed by atoms with E-state index in [0.29, 0.717) is 24.8 Å². The topological polar surface area (TPSA) is 82.5 Å². The number of nitrogens with one attached hydrogen (secondary N) is 1. The van der Waals surface area contributed by atoms with Gasteiger partial charge >= 0.3 is 5.97 Å². The fourth-order valence-electron chi connectivity index (χ4n) is 3.73. The van der Waals surface area contributed by atoms with Crippen molar-refractivity contribution in [3.63, 3.8) is 0 Å². The fourth-order valence-corrected chi connectivity index (χ4v) is 3.73. The molecule has 1 aliphatic rings. The molecule has 4 rings (SSSR count). The number of carbonyl (C=O) groups excluding carboxylic acids is 1.